The molecule has 2 rings (SSSR count). The molecule has 2 aromatic carbocycles. The fourth-order valence-corrected chi connectivity index (χ4v) is 2.16. The zero-order valence-electron chi connectivity index (χ0n) is 13.6. The number of rotatable bonds is 8. The molecule has 0 atom stereocenters. The lowest BCUT2D eigenvalue weighted by atomic mass is 10.0. The van der Waals surface area contributed by atoms with Crippen LogP contribution in [0.25, 0.3) is 11.1 Å². The van der Waals surface area contributed by atoms with Gasteiger partial charge < -0.3 is 14.8 Å². The van der Waals surface area contributed by atoms with E-state index in [2.05, 4.69) is 41.7 Å². The Morgan fingerprint density at radius 2 is 1.77 bits per heavy atom. The average Bonchev–Trinajstić information content (AvgIpc) is 2.54. The normalized spacial score (nSPS) is 10.9. The molecule has 0 saturated carbocycles. The van der Waals surface area contributed by atoms with E-state index in [0.717, 1.165) is 17.9 Å². The van der Waals surface area contributed by atoms with Crippen molar-refractivity contribution in [3.63, 3.8) is 0 Å². The fraction of sp³-hybridized carbons (Fsp3) is 0.368. The Kier molecular flexibility index (Phi) is 6.44. The maximum absolute atomic E-state index is 5.86. The van der Waals surface area contributed by atoms with Gasteiger partial charge in [-0.15, -0.1) is 0 Å². The first-order valence-corrected chi connectivity index (χ1v) is 7.78. The van der Waals surface area contributed by atoms with Crippen molar-refractivity contribution in [1.82, 2.24) is 5.32 Å². The highest BCUT2D eigenvalue weighted by Gasteiger charge is 2.08. The zero-order chi connectivity index (χ0) is 15.8. The topological polar surface area (TPSA) is 30.5 Å². The standard InChI is InChI=1S/C19H25NO2/c1-15(2)22-14-18-13-17(16-7-5-4-6-8-16)9-10-19(18)21-12-11-20-3/h4-10,13,15,20H,11-12,14H2,1-3H3. The van der Waals surface area contributed by atoms with Crippen LogP contribution in [0.2, 0.25) is 0 Å². The lowest BCUT2D eigenvalue weighted by molar-refractivity contribution is 0.0641. The predicted molar refractivity (Wildman–Crippen MR) is 91.2 cm³/mol. The maximum atomic E-state index is 5.86. The van der Waals surface area contributed by atoms with Crippen LogP contribution in [0.1, 0.15) is 19.4 Å². The predicted octanol–water partition coefficient (Wildman–Crippen LogP) is 3.88. The van der Waals surface area contributed by atoms with Gasteiger partial charge in [-0.05, 0) is 44.2 Å². The number of hydrogen-bond donors (Lipinski definition) is 1. The molecule has 0 aliphatic carbocycles. The van der Waals surface area contributed by atoms with Crippen LogP contribution in [0.3, 0.4) is 0 Å². The molecule has 3 heteroatoms. The van der Waals surface area contributed by atoms with Gasteiger partial charge in [-0.1, -0.05) is 36.4 Å². The fourth-order valence-electron chi connectivity index (χ4n) is 2.16. The summed E-state index contributed by atoms with van der Waals surface area (Å²) in [5, 5.41) is 3.09. The lowest BCUT2D eigenvalue weighted by Gasteiger charge is -2.15. The van der Waals surface area contributed by atoms with Crippen LogP contribution in [-0.4, -0.2) is 26.3 Å². The molecular formula is C19H25NO2. The van der Waals surface area contributed by atoms with E-state index in [0.29, 0.717) is 13.2 Å². The molecule has 0 fully saturated rings. The van der Waals surface area contributed by atoms with Gasteiger partial charge in [0.25, 0.3) is 0 Å². The zero-order valence-corrected chi connectivity index (χ0v) is 13.6. The van der Waals surface area contributed by atoms with Gasteiger partial charge in [0.05, 0.1) is 12.7 Å². The van der Waals surface area contributed by atoms with Crippen molar-refractivity contribution in [3.05, 3.63) is 54.1 Å². The van der Waals surface area contributed by atoms with E-state index in [4.69, 9.17) is 9.47 Å². The van der Waals surface area contributed by atoms with Crippen LogP contribution in [0, 0.1) is 0 Å². The first-order valence-electron chi connectivity index (χ1n) is 7.78. The molecule has 0 aromatic heterocycles. The summed E-state index contributed by atoms with van der Waals surface area (Å²) in [6.07, 6.45) is 0.200. The van der Waals surface area contributed by atoms with Crippen LogP contribution >= 0.6 is 0 Å². The molecule has 0 aliphatic heterocycles. The molecule has 22 heavy (non-hydrogen) atoms. The van der Waals surface area contributed by atoms with Crippen LogP contribution in [0.5, 0.6) is 5.75 Å². The molecule has 0 amide bonds. The van der Waals surface area contributed by atoms with Gasteiger partial charge >= 0.3 is 0 Å². The minimum Gasteiger partial charge on any atom is -0.492 e. The Balaban J connectivity index is 2.22. The van der Waals surface area contributed by atoms with Crippen LogP contribution in [0.4, 0.5) is 0 Å². The van der Waals surface area contributed by atoms with Crippen molar-refractivity contribution in [1.29, 1.82) is 0 Å². The second-order valence-corrected chi connectivity index (χ2v) is 5.50. The minimum atomic E-state index is 0.200. The van der Waals surface area contributed by atoms with Gasteiger partial charge in [-0.25, -0.2) is 0 Å². The van der Waals surface area contributed by atoms with E-state index < -0.39 is 0 Å². The SMILES string of the molecule is CNCCOc1ccc(-c2ccccc2)cc1COC(C)C. The summed E-state index contributed by atoms with van der Waals surface area (Å²) in [6, 6.07) is 16.7. The van der Waals surface area contributed by atoms with Gasteiger partial charge in [-0.3, -0.25) is 0 Å². The van der Waals surface area contributed by atoms with Gasteiger partial charge in [0.2, 0.25) is 0 Å². The molecule has 0 spiro atoms. The maximum Gasteiger partial charge on any atom is 0.124 e. The average molecular weight is 299 g/mol. The monoisotopic (exact) mass is 299 g/mol. The smallest absolute Gasteiger partial charge is 0.124 e. The third-order valence-electron chi connectivity index (χ3n) is 3.35. The van der Waals surface area contributed by atoms with E-state index in [1.54, 1.807) is 0 Å². The van der Waals surface area contributed by atoms with Crippen molar-refractivity contribution in [2.75, 3.05) is 20.2 Å². The molecule has 0 unspecified atom stereocenters. The third-order valence-corrected chi connectivity index (χ3v) is 3.35. The molecule has 118 valence electrons. The van der Waals surface area contributed by atoms with E-state index in [1.807, 2.05) is 33.0 Å². The summed E-state index contributed by atoms with van der Waals surface area (Å²) in [4.78, 5) is 0. The molecule has 0 aliphatic rings. The van der Waals surface area contributed by atoms with Gasteiger partial charge in [0.15, 0.2) is 0 Å². The number of nitrogens with one attached hydrogen (secondary N) is 1. The molecular weight excluding hydrogens is 274 g/mol. The highest BCUT2D eigenvalue weighted by Crippen LogP contribution is 2.27. The van der Waals surface area contributed by atoms with Crippen LogP contribution < -0.4 is 10.1 Å². The Morgan fingerprint density at radius 3 is 2.45 bits per heavy atom. The Morgan fingerprint density at radius 1 is 1.00 bits per heavy atom. The second-order valence-electron chi connectivity index (χ2n) is 5.50. The molecule has 0 radical (unpaired) electrons. The van der Waals surface area contributed by atoms with Crippen molar-refractivity contribution in [2.45, 2.75) is 26.6 Å². The van der Waals surface area contributed by atoms with Crippen LogP contribution in [0.15, 0.2) is 48.5 Å². The summed E-state index contributed by atoms with van der Waals surface area (Å²) < 4.78 is 11.6. The first kappa shape index (κ1) is 16.5. The van der Waals surface area contributed by atoms with Gasteiger partial charge in [-0.2, -0.15) is 0 Å². The van der Waals surface area contributed by atoms with Crippen molar-refractivity contribution in [2.24, 2.45) is 0 Å². The highest BCUT2D eigenvalue weighted by molar-refractivity contribution is 5.65. The molecule has 0 saturated heterocycles. The first-order chi connectivity index (χ1) is 10.7. The quantitative estimate of drug-likeness (QED) is 0.750. The minimum absolute atomic E-state index is 0.200. The van der Waals surface area contributed by atoms with E-state index in [-0.39, 0.29) is 6.10 Å². The summed E-state index contributed by atoms with van der Waals surface area (Å²) in [5.74, 6) is 0.899. The van der Waals surface area contributed by atoms with Gasteiger partial charge in [0, 0.05) is 12.1 Å². The van der Waals surface area contributed by atoms with E-state index in [1.165, 1.54) is 11.1 Å². The van der Waals surface area contributed by atoms with Crippen molar-refractivity contribution in [3.8, 4) is 16.9 Å². The summed E-state index contributed by atoms with van der Waals surface area (Å²) in [7, 11) is 1.92. The highest BCUT2D eigenvalue weighted by atomic mass is 16.5. The number of ether oxygens (including phenoxy) is 2. The third kappa shape index (κ3) is 4.86. The number of hydrogen-bond acceptors (Lipinski definition) is 3. The molecule has 2 aromatic rings. The molecule has 0 heterocycles. The summed E-state index contributed by atoms with van der Waals surface area (Å²) in [5.41, 5.74) is 3.48. The van der Waals surface area contributed by atoms with Crippen LogP contribution in [-0.2, 0) is 11.3 Å². The molecule has 1 N–H and O–H groups in total. The Bertz CT molecular complexity index is 567. The van der Waals surface area contributed by atoms with Crippen molar-refractivity contribution < 1.29 is 9.47 Å². The number of likely N-dealkylation sites (N-methyl/N-ethyl adjacent to an activating group) is 1. The number of benzene rings is 2. The van der Waals surface area contributed by atoms with Crippen molar-refractivity contribution >= 4 is 0 Å². The lowest BCUT2D eigenvalue weighted by Crippen LogP contribution is -2.16. The van der Waals surface area contributed by atoms with E-state index >= 15 is 0 Å². The van der Waals surface area contributed by atoms with Gasteiger partial charge in [0.1, 0.15) is 12.4 Å². The summed E-state index contributed by atoms with van der Waals surface area (Å²) in [6.45, 7) is 6.12. The molecule has 3 nitrogen and oxygen atoms in total. The molecule has 0 bridgehead atoms. The summed E-state index contributed by atoms with van der Waals surface area (Å²) >= 11 is 0. The Labute approximate surface area is 133 Å². The van der Waals surface area contributed by atoms with E-state index in [9.17, 15) is 0 Å². The second kappa shape index (κ2) is 8.57. The largest absolute Gasteiger partial charge is 0.492 e. The Hall–Kier alpha value is -1.84.